The van der Waals surface area contributed by atoms with Crippen LogP contribution in [0.15, 0.2) is 29.3 Å². The second-order valence-electron chi connectivity index (χ2n) is 8.37. The number of aliphatic hydroxyl groups excluding tert-OH is 1. The van der Waals surface area contributed by atoms with Gasteiger partial charge in [0.1, 0.15) is 11.4 Å². The van der Waals surface area contributed by atoms with E-state index in [0.717, 1.165) is 69.3 Å². The van der Waals surface area contributed by atoms with Crippen molar-refractivity contribution in [3.63, 3.8) is 0 Å². The van der Waals surface area contributed by atoms with Crippen molar-refractivity contribution >= 4 is 29.9 Å². The molecular weight excluding hydrogens is 479 g/mol. The zero-order valence-corrected chi connectivity index (χ0v) is 20.7. The Balaban J connectivity index is 0.00000420. The number of nitrogens with zero attached hydrogens (tertiary/aromatic N) is 2. The highest BCUT2D eigenvalue weighted by atomic mass is 127. The Morgan fingerprint density at radius 2 is 1.90 bits per heavy atom. The van der Waals surface area contributed by atoms with E-state index in [-0.39, 0.29) is 35.7 Å². The van der Waals surface area contributed by atoms with Crippen LogP contribution in [0.5, 0.6) is 5.75 Å². The number of nitrogens with one attached hydrogen (secondary N) is 2. The number of rotatable bonds is 8. The first-order valence-electron chi connectivity index (χ1n) is 10.6. The summed E-state index contributed by atoms with van der Waals surface area (Å²) in [6.45, 7) is 13.6. The summed E-state index contributed by atoms with van der Waals surface area (Å²) in [7, 11) is 0. The van der Waals surface area contributed by atoms with Crippen LogP contribution < -0.4 is 15.4 Å². The van der Waals surface area contributed by atoms with Crippen molar-refractivity contribution in [2.45, 2.75) is 65.2 Å². The van der Waals surface area contributed by atoms with Gasteiger partial charge in [-0.2, -0.15) is 0 Å². The zero-order chi connectivity index (χ0) is 20.4. The third-order valence-corrected chi connectivity index (χ3v) is 4.64. The molecule has 0 aromatic heterocycles. The summed E-state index contributed by atoms with van der Waals surface area (Å²) < 4.78 is 6.06. The normalized spacial score (nSPS) is 16.2. The SMILES string of the molecule is CCNC(=NCc1ccccc1OC(C)(C)C)NCCCN1CCC(O)CC1.I. The number of hydrogen-bond acceptors (Lipinski definition) is 4. The third kappa shape index (κ3) is 10.5. The summed E-state index contributed by atoms with van der Waals surface area (Å²) in [5.41, 5.74) is 0.856. The van der Waals surface area contributed by atoms with E-state index in [4.69, 9.17) is 9.73 Å². The lowest BCUT2D eigenvalue weighted by atomic mass is 10.1. The predicted molar refractivity (Wildman–Crippen MR) is 131 cm³/mol. The van der Waals surface area contributed by atoms with Crippen molar-refractivity contribution in [2.75, 3.05) is 32.7 Å². The minimum absolute atomic E-state index is 0. The number of aliphatic hydroxyl groups is 1. The molecule has 29 heavy (non-hydrogen) atoms. The van der Waals surface area contributed by atoms with Gasteiger partial charge in [0.05, 0.1) is 12.6 Å². The van der Waals surface area contributed by atoms with Gasteiger partial charge in [0.15, 0.2) is 5.96 Å². The number of halogens is 1. The number of hydrogen-bond donors (Lipinski definition) is 3. The molecule has 0 aliphatic carbocycles. The van der Waals surface area contributed by atoms with Gasteiger partial charge in [0.25, 0.3) is 0 Å². The molecular formula is C22H39IN4O2. The van der Waals surface area contributed by atoms with Crippen molar-refractivity contribution in [2.24, 2.45) is 4.99 Å². The van der Waals surface area contributed by atoms with Crippen LogP contribution in [0.1, 0.15) is 52.5 Å². The lowest BCUT2D eigenvalue weighted by Crippen LogP contribution is -2.40. The van der Waals surface area contributed by atoms with Gasteiger partial charge in [-0.1, -0.05) is 18.2 Å². The van der Waals surface area contributed by atoms with Crippen LogP contribution in [0, 0.1) is 0 Å². The topological polar surface area (TPSA) is 69.1 Å². The van der Waals surface area contributed by atoms with Gasteiger partial charge in [-0.3, -0.25) is 0 Å². The first kappa shape index (κ1) is 26.0. The number of ether oxygens (including phenoxy) is 1. The average molecular weight is 518 g/mol. The lowest BCUT2D eigenvalue weighted by Gasteiger charge is -2.29. The third-order valence-electron chi connectivity index (χ3n) is 4.64. The van der Waals surface area contributed by atoms with Crippen LogP contribution in [-0.2, 0) is 6.54 Å². The van der Waals surface area contributed by atoms with Gasteiger partial charge in [-0.15, -0.1) is 24.0 Å². The zero-order valence-electron chi connectivity index (χ0n) is 18.4. The number of guanidine groups is 1. The van der Waals surface area contributed by atoms with E-state index in [1.165, 1.54) is 0 Å². The molecule has 1 aliphatic heterocycles. The minimum Gasteiger partial charge on any atom is -0.488 e. The van der Waals surface area contributed by atoms with Crippen molar-refractivity contribution in [1.29, 1.82) is 0 Å². The Morgan fingerprint density at radius 3 is 2.55 bits per heavy atom. The molecule has 1 heterocycles. The fraction of sp³-hybridized carbons (Fsp3) is 0.682. The lowest BCUT2D eigenvalue weighted by molar-refractivity contribution is 0.0823. The van der Waals surface area contributed by atoms with E-state index in [9.17, 15) is 5.11 Å². The molecule has 1 saturated heterocycles. The molecule has 0 atom stereocenters. The van der Waals surface area contributed by atoms with Crippen LogP contribution in [-0.4, -0.2) is 60.4 Å². The summed E-state index contributed by atoms with van der Waals surface area (Å²) in [6, 6.07) is 8.10. The van der Waals surface area contributed by atoms with Gasteiger partial charge < -0.3 is 25.4 Å². The van der Waals surface area contributed by atoms with Crippen LogP contribution in [0.4, 0.5) is 0 Å². The van der Waals surface area contributed by atoms with E-state index in [1.54, 1.807) is 0 Å². The van der Waals surface area contributed by atoms with E-state index < -0.39 is 0 Å². The fourth-order valence-electron chi connectivity index (χ4n) is 3.22. The highest BCUT2D eigenvalue weighted by molar-refractivity contribution is 14.0. The standard InChI is InChI=1S/C22H38N4O2.HI/c1-5-23-21(24-13-8-14-26-15-11-19(27)12-16-26)25-17-18-9-6-7-10-20(18)28-22(2,3)4;/h6-7,9-10,19,27H,5,8,11-17H2,1-4H3,(H2,23,24,25);1H. The van der Waals surface area contributed by atoms with Crippen LogP contribution in [0.25, 0.3) is 0 Å². The molecule has 7 heteroatoms. The van der Waals surface area contributed by atoms with E-state index in [2.05, 4.69) is 49.3 Å². The maximum Gasteiger partial charge on any atom is 0.191 e. The number of piperidine rings is 1. The highest BCUT2D eigenvalue weighted by Gasteiger charge is 2.16. The molecule has 1 fully saturated rings. The molecule has 0 bridgehead atoms. The number of likely N-dealkylation sites (tertiary alicyclic amines) is 1. The molecule has 0 saturated carbocycles. The van der Waals surface area contributed by atoms with Crippen LogP contribution >= 0.6 is 24.0 Å². The van der Waals surface area contributed by atoms with Crippen molar-refractivity contribution in [3.05, 3.63) is 29.8 Å². The van der Waals surface area contributed by atoms with Crippen LogP contribution in [0.2, 0.25) is 0 Å². The van der Waals surface area contributed by atoms with Crippen molar-refractivity contribution in [1.82, 2.24) is 15.5 Å². The van der Waals surface area contributed by atoms with Gasteiger partial charge in [0, 0.05) is 31.7 Å². The Labute approximate surface area is 193 Å². The van der Waals surface area contributed by atoms with Crippen molar-refractivity contribution < 1.29 is 9.84 Å². The maximum atomic E-state index is 9.59. The van der Waals surface area contributed by atoms with E-state index in [0.29, 0.717) is 6.54 Å². The van der Waals surface area contributed by atoms with Gasteiger partial charge in [-0.05, 0) is 59.6 Å². The predicted octanol–water partition coefficient (Wildman–Crippen LogP) is 3.38. The Hall–Kier alpha value is -1.06. The summed E-state index contributed by atoms with van der Waals surface area (Å²) in [4.78, 5) is 7.17. The van der Waals surface area contributed by atoms with Crippen LogP contribution in [0.3, 0.4) is 0 Å². The number of aliphatic imine (C=N–C) groups is 1. The van der Waals surface area contributed by atoms with E-state index in [1.807, 2.05) is 18.2 Å². The molecule has 1 aliphatic rings. The largest absolute Gasteiger partial charge is 0.488 e. The molecule has 3 N–H and O–H groups in total. The molecule has 0 spiro atoms. The Bertz CT molecular complexity index is 611. The Kier molecular flexibility index (Phi) is 11.9. The summed E-state index contributed by atoms with van der Waals surface area (Å²) in [6.07, 6.45) is 2.75. The molecule has 1 aromatic carbocycles. The second kappa shape index (κ2) is 13.3. The first-order valence-corrected chi connectivity index (χ1v) is 10.6. The molecule has 2 rings (SSSR count). The molecule has 0 unspecified atom stereocenters. The summed E-state index contributed by atoms with van der Waals surface area (Å²) >= 11 is 0. The monoisotopic (exact) mass is 518 g/mol. The summed E-state index contributed by atoms with van der Waals surface area (Å²) in [5.74, 6) is 1.73. The van der Waals surface area contributed by atoms with Crippen molar-refractivity contribution in [3.8, 4) is 5.75 Å². The molecule has 166 valence electrons. The maximum absolute atomic E-state index is 9.59. The Morgan fingerprint density at radius 1 is 1.21 bits per heavy atom. The minimum atomic E-state index is -0.229. The number of para-hydroxylation sites is 1. The first-order chi connectivity index (χ1) is 13.4. The van der Waals surface area contributed by atoms with Gasteiger partial charge in [-0.25, -0.2) is 4.99 Å². The van der Waals surface area contributed by atoms with Gasteiger partial charge in [0.2, 0.25) is 0 Å². The highest BCUT2D eigenvalue weighted by Crippen LogP contribution is 2.23. The molecule has 6 nitrogen and oxygen atoms in total. The average Bonchev–Trinajstić information content (AvgIpc) is 2.64. The number of benzene rings is 1. The molecule has 0 radical (unpaired) electrons. The fourth-order valence-corrected chi connectivity index (χ4v) is 3.22. The van der Waals surface area contributed by atoms with Gasteiger partial charge >= 0.3 is 0 Å². The smallest absolute Gasteiger partial charge is 0.191 e. The summed E-state index contributed by atoms with van der Waals surface area (Å²) in [5, 5.41) is 16.3. The molecule has 1 aromatic rings. The quantitative estimate of drug-likeness (QED) is 0.213. The molecule has 0 amide bonds. The second-order valence-corrected chi connectivity index (χ2v) is 8.37. The van der Waals surface area contributed by atoms with E-state index >= 15 is 0 Å².